The first-order valence-corrected chi connectivity index (χ1v) is 14.2. The molecule has 2 fully saturated rings. The van der Waals surface area contributed by atoms with E-state index in [2.05, 4.69) is 5.32 Å². The van der Waals surface area contributed by atoms with Crippen LogP contribution in [0, 0.1) is 0 Å². The number of carbonyl (C=O) groups excluding carboxylic acids is 3. The topological polar surface area (TPSA) is 117 Å². The second kappa shape index (κ2) is 11.7. The van der Waals surface area contributed by atoms with Crippen LogP contribution in [0.5, 0.6) is 11.5 Å². The fraction of sp³-hybridized carbons (Fsp3) is 0.242. The molecule has 0 spiro atoms. The molecule has 4 aromatic rings. The Morgan fingerprint density at radius 1 is 0.907 bits per heavy atom. The zero-order valence-electron chi connectivity index (χ0n) is 23.8. The van der Waals surface area contributed by atoms with Crippen molar-refractivity contribution in [2.45, 2.75) is 31.7 Å². The standard InChI is InChI=1S/C33H33N5O5/c1-35-21-31(41)37-28(16-24-14-15-26(39)17-29(24)40)32(42)36(19-25-12-7-11-23-10-5-6-13-27(23)25)20-30(37)38(35)33(43)34-18-22-8-3-2-4-9-22/h2-15,17,28,30,39-40H,16,18-21H2,1H3,(H,34,43)/t28-,30-/m0/s1. The number of aromatic hydroxyl groups is 2. The number of hydrazine groups is 1. The van der Waals surface area contributed by atoms with E-state index in [1.54, 1.807) is 23.0 Å². The minimum absolute atomic E-state index is 0.0163. The molecule has 3 N–H and O–H groups in total. The van der Waals surface area contributed by atoms with Crippen LogP contribution in [0.25, 0.3) is 10.8 Å². The van der Waals surface area contributed by atoms with Crippen LogP contribution >= 0.6 is 0 Å². The van der Waals surface area contributed by atoms with Gasteiger partial charge >= 0.3 is 6.03 Å². The van der Waals surface area contributed by atoms with Crippen molar-refractivity contribution in [1.82, 2.24) is 25.1 Å². The molecule has 0 aliphatic carbocycles. The van der Waals surface area contributed by atoms with Crippen LogP contribution in [0.3, 0.4) is 0 Å². The summed E-state index contributed by atoms with van der Waals surface area (Å²) in [6, 6.07) is 26.3. The van der Waals surface area contributed by atoms with Crippen molar-refractivity contribution in [2.24, 2.45) is 0 Å². The third-order valence-electron chi connectivity index (χ3n) is 8.16. The lowest BCUT2D eigenvalue weighted by molar-refractivity contribution is -0.187. The first kappa shape index (κ1) is 28.0. The molecular weight excluding hydrogens is 546 g/mol. The number of amides is 4. The molecule has 2 atom stereocenters. The number of nitrogens with one attached hydrogen (secondary N) is 1. The maximum absolute atomic E-state index is 14.2. The SMILES string of the molecule is CN1CC(=O)N2[C@@H](Cc3ccc(O)cc3O)C(=O)N(Cc3cccc4ccccc34)C[C@@H]2N1C(=O)NCc1ccccc1. The lowest BCUT2D eigenvalue weighted by atomic mass is 9.97. The number of hydrogen-bond donors (Lipinski definition) is 3. The summed E-state index contributed by atoms with van der Waals surface area (Å²) in [7, 11) is 1.68. The number of fused-ring (bicyclic) bond motifs is 2. The van der Waals surface area contributed by atoms with Gasteiger partial charge in [-0.25, -0.2) is 14.8 Å². The summed E-state index contributed by atoms with van der Waals surface area (Å²) < 4.78 is 0. The second-order valence-electron chi connectivity index (χ2n) is 11.0. The Hall–Kier alpha value is -5.09. The first-order chi connectivity index (χ1) is 20.8. The van der Waals surface area contributed by atoms with Crippen LogP contribution in [-0.2, 0) is 29.1 Å². The van der Waals surface area contributed by atoms with Gasteiger partial charge < -0.3 is 25.3 Å². The Balaban J connectivity index is 1.36. The molecule has 4 amide bonds. The van der Waals surface area contributed by atoms with Crippen LogP contribution < -0.4 is 5.32 Å². The summed E-state index contributed by atoms with van der Waals surface area (Å²) in [6.45, 7) is 0.590. The lowest BCUT2D eigenvalue weighted by Gasteiger charge is -2.54. The Kier molecular flexibility index (Phi) is 7.60. The molecule has 43 heavy (non-hydrogen) atoms. The van der Waals surface area contributed by atoms with Crippen molar-refractivity contribution in [1.29, 1.82) is 0 Å². The smallest absolute Gasteiger partial charge is 0.334 e. The molecule has 2 heterocycles. The minimum atomic E-state index is -0.977. The summed E-state index contributed by atoms with van der Waals surface area (Å²) >= 11 is 0. The highest BCUT2D eigenvalue weighted by Crippen LogP contribution is 2.32. The number of likely N-dealkylation sites (N-methyl/N-ethyl adjacent to an activating group) is 1. The molecule has 220 valence electrons. The zero-order chi connectivity index (χ0) is 30.1. The number of nitrogens with zero attached hydrogens (tertiary/aromatic N) is 4. The van der Waals surface area contributed by atoms with Crippen molar-refractivity contribution >= 4 is 28.6 Å². The van der Waals surface area contributed by atoms with Crippen LogP contribution in [0.4, 0.5) is 4.79 Å². The van der Waals surface area contributed by atoms with Gasteiger partial charge in [-0.05, 0) is 33.5 Å². The number of urea groups is 1. The number of phenolic OH excluding ortho intramolecular Hbond substituents is 2. The van der Waals surface area contributed by atoms with Crippen LogP contribution in [0.2, 0.25) is 0 Å². The first-order valence-electron chi connectivity index (χ1n) is 14.2. The van der Waals surface area contributed by atoms with E-state index in [0.717, 1.165) is 21.9 Å². The molecule has 2 aliphatic heterocycles. The van der Waals surface area contributed by atoms with Crippen LogP contribution in [-0.4, -0.2) is 80.2 Å². The van der Waals surface area contributed by atoms with Gasteiger partial charge in [0.05, 0.1) is 13.1 Å². The summed E-state index contributed by atoms with van der Waals surface area (Å²) in [5.41, 5.74) is 2.29. The molecule has 0 aromatic heterocycles. The predicted molar refractivity (Wildman–Crippen MR) is 160 cm³/mol. The van der Waals surface area contributed by atoms with E-state index in [1.807, 2.05) is 72.8 Å². The van der Waals surface area contributed by atoms with E-state index in [-0.39, 0.29) is 55.4 Å². The molecule has 4 aromatic carbocycles. The maximum atomic E-state index is 14.2. The summed E-state index contributed by atoms with van der Waals surface area (Å²) in [6.07, 6.45) is -0.762. The lowest BCUT2D eigenvalue weighted by Crippen LogP contribution is -2.76. The molecule has 2 saturated heterocycles. The number of hydrogen-bond acceptors (Lipinski definition) is 6. The van der Waals surface area contributed by atoms with Gasteiger partial charge in [-0.1, -0.05) is 78.9 Å². The van der Waals surface area contributed by atoms with Crippen LogP contribution in [0.1, 0.15) is 16.7 Å². The van der Waals surface area contributed by atoms with Crippen molar-refractivity contribution < 1.29 is 24.6 Å². The zero-order valence-corrected chi connectivity index (χ0v) is 23.8. The van der Waals surface area contributed by atoms with Gasteiger partial charge in [0.2, 0.25) is 11.8 Å². The number of phenols is 2. The van der Waals surface area contributed by atoms with E-state index in [4.69, 9.17) is 0 Å². The summed E-state index contributed by atoms with van der Waals surface area (Å²) in [4.78, 5) is 44.6. The highest BCUT2D eigenvalue weighted by molar-refractivity contribution is 5.92. The van der Waals surface area contributed by atoms with Gasteiger partial charge in [0.15, 0.2) is 0 Å². The maximum Gasteiger partial charge on any atom is 0.334 e. The highest BCUT2D eigenvalue weighted by atomic mass is 16.3. The van der Waals surface area contributed by atoms with Crippen molar-refractivity contribution in [3.05, 3.63) is 108 Å². The number of benzene rings is 4. The molecule has 6 rings (SSSR count). The van der Waals surface area contributed by atoms with Gasteiger partial charge in [0, 0.05) is 32.6 Å². The molecular formula is C33H33N5O5. The van der Waals surface area contributed by atoms with Gasteiger partial charge in [-0.2, -0.15) is 0 Å². The quantitative estimate of drug-likeness (QED) is 0.322. The Morgan fingerprint density at radius 3 is 2.44 bits per heavy atom. The van der Waals surface area contributed by atoms with Gasteiger partial charge in [-0.3, -0.25) is 9.59 Å². The number of rotatable bonds is 6. The van der Waals surface area contributed by atoms with E-state index in [9.17, 15) is 24.6 Å². The van der Waals surface area contributed by atoms with E-state index < -0.39 is 12.2 Å². The summed E-state index contributed by atoms with van der Waals surface area (Å²) in [5.74, 6) is -0.849. The molecule has 0 radical (unpaired) electrons. The third kappa shape index (κ3) is 5.56. The molecule has 10 nitrogen and oxygen atoms in total. The van der Waals surface area contributed by atoms with Crippen molar-refractivity contribution in [2.75, 3.05) is 20.1 Å². The number of carbonyl (C=O) groups is 3. The molecule has 0 unspecified atom stereocenters. The van der Waals surface area contributed by atoms with E-state index >= 15 is 0 Å². The Morgan fingerprint density at radius 2 is 1.65 bits per heavy atom. The average Bonchev–Trinajstić information content (AvgIpc) is 3.00. The Labute approximate surface area is 249 Å². The second-order valence-corrected chi connectivity index (χ2v) is 11.0. The van der Waals surface area contributed by atoms with Crippen LogP contribution in [0.15, 0.2) is 91.0 Å². The molecule has 2 aliphatic rings. The Bertz CT molecular complexity index is 1670. The van der Waals surface area contributed by atoms with E-state index in [0.29, 0.717) is 12.1 Å². The highest BCUT2D eigenvalue weighted by Gasteiger charge is 2.50. The molecule has 10 heteroatoms. The van der Waals surface area contributed by atoms with Gasteiger partial charge in [0.25, 0.3) is 0 Å². The van der Waals surface area contributed by atoms with E-state index in [1.165, 1.54) is 22.0 Å². The molecule has 0 saturated carbocycles. The van der Waals surface area contributed by atoms with Crippen molar-refractivity contribution in [3.8, 4) is 11.5 Å². The average molecular weight is 580 g/mol. The molecule has 0 bridgehead atoms. The summed E-state index contributed by atoms with van der Waals surface area (Å²) in [5, 5.41) is 28.5. The third-order valence-corrected chi connectivity index (χ3v) is 8.16. The van der Waals surface area contributed by atoms with Crippen molar-refractivity contribution in [3.63, 3.8) is 0 Å². The van der Waals surface area contributed by atoms with Gasteiger partial charge in [-0.15, -0.1) is 0 Å². The predicted octanol–water partition coefficient (Wildman–Crippen LogP) is 3.43. The normalized spacial score (nSPS) is 19.0. The minimum Gasteiger partial charge on any atom is -0.508 e. The number of piperazine rings is 1. The monoisotopic (exact) mass is 579 g/mol. The van der Waals surface area contributed by atoms with Gasteiger partial charge in [0.1, 0.15) is 23.7 Å². The largest absolute Gasteiger partial charge is 0.508 e. The fourth-order valence-corrected chi connectivity index (χ4v) is 6.07. The fourth-order valence-electron chi connectivity index (χ4n) is 6.07.